The molecular weight excluding hydrogens is 236 g/mol. The molecule has 3 atom stereocenters. The summed E-state index contributed by atoms with van der Waals surface area (Å²) >= 11 is 0. The van der Waals surface area contributed by atoms with Crippen LogP contribution < -0.4 is 10.6 Å². The van der Waals surface area contributed by atoms with Crippen LogP contribution in [0.1, 0.15) is 40.5 Å². The van der Waals surface area contributed by atoms with Crippen LogP contribution in [0.5, 0.6) is 0 Å². The maximum absolute atomic E-state index is 11.9. The van der Waals surface area contributed by atoms with E-state index in [1.165, 1.54) is 0 Å². The second-order valence-corrected chi connectivity index (χ2v) is 5.54. The molecule has 0 spiro atoms. The summed E-state index contributed by atoms with van der Waals surface area (Å²) in [5, 5.41) is 6.46. The molecule has 1 rings (SSSR count). The van der Waals surface area contributed by atoms with Crippen molar-refractivity contribution in [2.24, 2.45) is 17.8 Å². The average molecular weight is 263 g/mol. The smallest absolute Gasteiger partial charge is 0.223 e. The molecule has 1 unspecified atom stereocenters. The maximum atomic E-state index is 11.9. The molecule has 102 valence electrons. The molecule has 2 N–H and O–H groups in total. The summed E-state index contributed by atoms with van der Waals surface area (Å²) in [4.78, 5) is 11.9. The summed E-state index contributed by atoms with van der Waals surface area (Å²) in [7, 11) is 0. The van der Waals surface area contributed by atoms with Gasteiger partial charge in [0.05, 0.1) is 0 Å². The maximum Gasteiger partial charge on any atom is 0.223 e. The molecular formula is C13H27ClN2O. The van der Waals surface area contributed by atoms with Crippen LogP contribution in [0.15, 0.2) is 0 Å². The van der Waals surface area contributed by atoms with Crippen LogP contribution in [-0.4, -0.2) is 25.0 Å². The number of carbonyl (C=O) groups excluding carboxylic acids is 1. The first kappa shape index (κ1) is 16.7. The van der Waals surface area contributed by atoms with Gasteiger partial charge < -0.3 is 10.6 Å². The van der Waals surface area contributed by atoms with Gasteiger partial charge in [-0.3, -0.25) is 4.79 Å². The minimum Gasteiger partial charge on any atom is -0.356 e. The predicted octanol–water partition coefficient (Wildman–Crippen LogP) is 2.20. The molecule has 1 aliphatic rings. The summed E-state index contributed by atoms with van der Waals surface area (Å²) in [6.07, 6.45) is 1.95. The molecule has 0 aromatic rings. The Kier molecular flexibility index (Phi) is 7.80. The topological polar surface area (TPSA) is 41.1 Å². The number of amides is 1. The van der Waals surface area contributed by atoms with Crippen molar-refractivity contribution < 1.29 is 4.79 Å². The van der Waals surface area contributed by atoms with Crippen molar-refractivity contribution in [3.63, 3.8) is 0 Å². The predicted molar refractivity (Wildman–Crippen MR) is 74.4 cm³/mol. The SMILES string of the molecule is CC(C)C(C)CNC(=O)[C@H]1CCN[C@@H](C)C1.Cl. The molecule has 1 fully saturated rings. The number of nitrogens with one attached hydrogen (secondary N) is 2. The first-order valence-electron chi connectivity index (χ1n) is 6.51. The Morgan fingerprint density at radius 2 is 2.06 bits per heavy atom. The third-order valence-electron chi connectivity index (χ3n) is 3.73. The molecule has 0 bridgehead atoms. The molecule has 0 aliphatic carbocycles. The average Bonchev–Trinajstić information content (AvgIpc) is 2.25. The number of carbonyl (C=O) groups is 1. The van der Waals surface area contributed by atoms with E-state index in [4.69, 9.17) is 0 Å². The Balaban J connectivity index is 0.00000256. The minimum absolute atomic E-state index is 0. The lowest BCUT2D eigenvalue weighted by molar-refractivity contribution is -0.126. The normalized spacial score (nSPS) is 26.2. The first-order chi connectivity index (χ1) is 7.50. The lowest BCUT2D eigenvalue weighted by Gasteiger charge is -2.27. The zero-order valence-electron chi connectivity index (χ0n) is 11.5. The number of piperidine rings is 1. The van der Waals surface area contributed by atoms with Crippen molar-refractivity contribution in [2.45, 2.75) is 46.6 Å². The highest BCUT2D eigenvalue weighted by molar-refractivity contribution is 5.85. The number of halogens is 1. The van der Waals surface area contributed by atoms with E-state index in [0.717, 1.165) is 25.9 Å². The van der Waals surface area contributed by atoms with Gasteiger partial charge in [-0.1, -0.05) is 20.8 Å². The quantitative estimate of drug-likeness (QED) is 0.816. The van der Waals surface area contributed by atoms with E-state index in [9.17, 15) is 4.79 Å². The highest BCUT2D eigenvalue weighted by atomic mass is 35.5. The van der Waals surface area contributed by atoms with Crippen molar-refractivity contribution in [1.82, 2.24) is 10.6 Å². The molecule has 17 heavy (non-hydrogen) atoms. The third kappa shape index (κ3) is 5.73. The van der Waals surface area contributed by atoms with Gasteiger partial charge in [-0.2, -0.15) is 0 Å². The largest absolute Gasteiger partial charge is 0.356 e. The number of hydrogen-bond donors (Lipinski definition) is 2. The lowest BCUT2D eigenvalue weighted by Crippen LogP contribution is -2.43. The molecule has 1 saturated heterocycles. The van der Waals surface area contributed by atoms with Crippen LogP contribution in [0.3, 0.4) is 0 Å². The van der Waals surface area contributed by atoms with E-state index in [-0.39, 0.29) is 24.2 Å². The Hall–Kier alpha value is -0.280. The van der Waals surface area contributed by atoms with Crippen molar-refractivity contribution >= 4 is 18.3 Å². The van der Waals surface area contributed by atoms with Gasteiger partial charge in [-0.25, -0.2) is 0 Å². The molecule has 3 nitrogen and oxygen atoms in total. The molecule has 4 heteroatoms. The van der Waals surface area contributed by atoms with E-state index >= 15 is 0 Å². The van der Waals surface area contributed by atoms with Gasteiger partial charge >= 0.3 is 0 Å². The summed E-state index contributed by atoms with van der Waals surface area (Å²) in [5.74, 6) is 1.66. The molecule has 1 amide bonds. The van der Waals surface area contributed by atoms with Gasteiger partial charge in [-0.15, -0.1) is 12.4 Å². The third-order valence-corrected chi connectivity index (χ3v) is 3.73. The zero-order chi connectivity index (χ0) is 12.1. The Morgan fingerprint density at radius 1 is 1.41 bits per heavy atom. The molecule has 0 saturated carbocycles. The monoisotopic (exact) mass is 262 g/mol. The van der Waals surface area contributed by atoms with E-state index in [2.05, 4.69) is 38.3 Å². The van der Waals surface area contributed by atoms with Crippen LogP contribution in [0.2, 0.25) is 0 Å². The molecule has 1 aliphatic heterocycles. The van der Waals surface area contributed by atoms with Crippen molar-refractivity contribution in [1.29, 1.82) is 0 Å². The molecule has 1 heterocycles. The van der Waals surface area contributed by atoms with Gasteiger partial charge in [-0.05, 0) is 38.1 Å². The number of hydrogen-bond acceptors (Lipinski definition) is 2. The summed E-state index contributed by atoms with van der Waals surface area (Å²) < 4.78 is 0. The summed E-state index contributed by atoms with van der Waals surface area (Å²) in [6.45, 7) is 10.5. The summed E-state index contributed by atoms with van der Waals surface area (Å²) in [5.41, 5.74) is 0. The minimum atomic E-state index is 0. The zero-order valence-corrected chi connectivity index (χ0v) is 12.3. The summed E-state index contributed by atoms with van der Waals surface area (Å²) in [6, 6.07) is 0.479. The van der Waals surface area contributed by atoms with Gasteiger partial charge in [0.2, 0.25) is 5.91 Å². The fourth-order valence-electron chi connectivity index (χ4n) is 2.01. The van der Waals surface area contributed by atoms with Gasteiger partial charge in [0.25, 0.3) is 0 Å². The van der Waals surface area contributed by atoms with Crippen LogP contribution in [0.4, 0.5) is 0 Å². The first-order valence-corrected chi connectivity index (χ1v) is 6.51. The fourth-order valence-corrected chi connectivity index (χ4v) is 2.01. The number of rotatable bonds is 4. The highest BCUT2D eigenvalue weighted by Crippen LogP contribution is 2.16. The van der Waals surface area contributed by atoms with E-state index in [0.29, 0.717) is 17.9 Å². The Bertz CT molecular complexity index is 233. The molecule has 0 aromatic carbocycles. The Labute approximate surface area is 112 Å². The van der Waals surface area contributed by atoms with Crippen LogP contribution >= 0.6 is 12.4 Å². The second kappa shape index (κ2) is 7.93. The van der Waals surface area contributed by atoms with Crippen LogP contribution in [0.25, 0.3) is 0 Å². The second-order valence-electron chi connectivity index (χ2n) is 5.54. The fraction of sp³-hybridized carbons (Fsp3) is 0.923. The van der Waals surface area contributed by atoms with Crippen molar-refractivity contribution in [2.75, 3.05) is 13.1 Å². The standard InChI is InChI=1S/C13H26N2O.ClH/c1-9(2)10(3)8-15-13(16)12-5-6-14-11(4)7-12;/h9-12,14H,5-8H2,1-4H3,(H,15,16);1H/t10?,11-,12-;/m0./s1. The van der Waals surface area contributed by atoms with Crippen LogP contribution in [0, 0.1) is 17.8 Å². The van der Waals surface area contributed by atoms with Crippen molar-refractivity contribution in [3.8, 4) is 0 Å². The van der Waals surface area contributed by atoms with Gasteiger partial charge in [0.1, 0.15) is 0 Å². The van der Waals surface area contributed by atoms with Crippen molar-refractivity contribution in [3.05, 3.63) is 0 Å². The molecule has 0 radical (unpaired) electrons. The lowest BCUT2D eigenvalue weighted by atomic mass is 9.92. The van der Waals surface area contributed by atoms with E-state index in [1.54, 1.807) is 0 Å². The van der Waals surface area contributed by atoms with Crippen LogP contribution in [-0.2, 0) is 4.79 Å². The molecule has 0 aromatic heterocycles. The van der Waals surface area contributed by atoms with E-state index in [1.807, 2.05) is 0 Å². The van der Waals surface area contributed by atoms with Gasteiger partial charge in [0.15, 0.2) is 0 Å². The Morgan fingerprint density at radius 3 is 2.59 bits per heavy atom. The van der Waals surface area contributed by atoms with E-state index < -0.39 is 0 Å². The van der Waals surface area contributed by atoms with Gasteiger partial charge in [0, 0.05) is 18.5 Å². The highest BCUT2D eigenvalue weighted by Gasteiger charge is 2.24.